The summed E-state index contributed by atoms with van der Waals surface area (Å²) in [4.78, 5) is 18.6. The minimum atomic E-state index is 0.170. The third-order valence-electron chi connectivity index (χ3n) is 3.15. The highest BCUT2D eigenvalue weighted by atomic mass is 32.1. The lowest BCUT2D eigenvalue weighted by atomic mass is 10.2. The van der Waals surface area contributed by atoms with Gasteiger partial charge in [0, 0.05) is 23.9 Å². The van der Waals surface area contributed by atoms with Gasteiger partial charge in [-0.15, -0.1) is 11.3 Å². The van der Waals surface area contributed by atoms with E-state index >= 15 is 0 Å². The first kappa shape index (κ1) is 14.7. The van der Waals surface area contributed by atoms with E-state index in [9.17, 15) is 4.79 Å². The zero-order valence-corrected chi connectivity index (χ0v) is 12.8. The second kappa shape index (κ2) is 7.20. The topological polar surface area (TPSA) is 33.2 Å². The Kier molecular flexibility index (Phi) is 5.30. The zero-order chi connectivity index (χ0) is 14.4. The molecule has 0 aliphatic rings. The normalized spacial score (nSPS) is 10.5. The van der Waals surface area contributed by atoms with E-state index in [0.717, 1.165) is 29.2 Å². The predicted molar refractivity (Wildman–Crippen MR) is 85.1 cm³/mol. The number of thiazole rings is 1. The van der Waals surface area contributed by atoms with Crippen LogP contribution in [0.2, 0.25) is 0 Å². The molecule has 20 heavy (non-hydrogen) atoms. The van der Waals surface area contributed by atoms with E-state index in [1.807, 2.05) is 42.6 Å². The summed E-state index contributed by atoms with van der Waals surface area (Å²) in [6.07, 6.45) is 2.58. The van der Waals surface area contributed by atoms with Crippen LogP contribution in [0.4, 0.5) is 5.13 Å². The molecule has 0 radical (unpaired) electrons. The number of anilines is 1. The lowest BCUT2D eigenvalue weighted by molar-refractivity contribution is -0.118. The Morgan fingerprint density at radius 3 is 2.65 bits per heavy atom. The van der Waals surface area contributed by atoms with Crippen LogP contribution < -0.4 is 4.90 Å². The molecule has 0 spiro atoms. The van der Waals surface area contributed by atoms with Crippen LogP contribution in [-0.4, -0.2) is 17.4 Å². The lowest BCUT2D eigenvalue weighted by Crippen LogP contribution is -2.30. The molecule has 0 aliphatic carbocycles. The van der Waals surface area contributed by atoms with Crippen molar-refractivity contribution < 1.29 is 4.79 Å². The number of aromatic nitrogens is 1. The molecule has 0 unspecified atom stereocenters. The Morgan fingerprint density at radius 2 is 2.00 bits per heavy atom. The largest absolute Gasteiger partial charge is 0.288 e. The summed E-state index contributed by atoms with van der Waals surface area (Å²) in [6, 6.07) is 10.1. The zero-order valence-electron chi connectivity index (χ0n) is 12.0. The minimum Gasteiger partial charge on any atom is -0.288 e. The molecule has 1 aromatic heterocycles. The first-order valence-electron chi connectivity index (χ1n) is 7.07. The van der Waals surface area contributed by atoms with Crippen LogP contribution in [0.25, 0.3) is 11.3 Å². The van der Waals surface area contributed by atoms with Crippen LogP contribution in [0.15, 0.2) is 35.7 Å². The first-order valence-corrected chi connectivity index (χ1v) is 7.95. The molecule has 0 atom stereocenters. The van der Waals surface area contributed by atoms with Crippen molar-refractivity contribution in [3.63, 3.8) is 0 Å². The van der Waals surface area contributed by atoms with Crippen LogP contribution in [0, 0.1) is 0 Å². The molecule has 0 saturated carbocycles. The van der Waals surface area contributed by atoms with Crippen LogP contribution in [0.1, 0.15) is 33.1 Å². The monoisotopic (exact) mass is 288 g/mol. The third-order valence-corrected chi connectivity index (χ3v) is 4.02. The number of carbonyl (C=O) groups is 1. The molecule has 2 rings (SSSR count). The number of hydrogen-bond acceptors (Lipinski definition) is 3. The van der Waals surface area contributed by atoms with E-state index in [-0.39, 0.29) is 5.91 Å². The third kappa shape index (κ3) is 3.45. The van der Waals surface area contributed by atoms with Crippen molar-refractivity contribution in [3.05, 3.63) is 35.7 Å². The minimum absolute atomic E-state index is 0.170. The van der Waals surface area contributed by atoms with E-state index in [4.69, 9.17) is 0 Å². The van der Waals surface area contributed by atoms with Gasteiger partial charge in [-0.1, -0.05) is 43.7 Å². The Bertz CT molecular complexity index is 551. The molecule has 1 heterocycles. The second-order valence-electron chi connectivity index (χ2n) is 4.62. The van der Waals surface area contributed by atoms with Crippen molar-refractivity contribution in [2.24, 2.45) is 0 Å². The van der Waals surface area contributed by atoms with Gasteiger partial charge in [0.1, 0.15) is 0 Å². The van der Waals surface area contributed by atoms with Crippen molar-refractivity contribution in [3.8, 4) is 11.3 Å². The highest BCUT2D eigenvalue weighted by molar-refractivity contribution is 7.14. The van der Waals surface area contributed by atoms with Gasteiger partial charge >= 0.3 is 0 Å². The number of hydrogen-bond donors (Lipinski definition) is 0. The van der Waals surface area contributed by atoms with Gasteiger partial charge in [-0.05, 0) is 13.3 Å². The predicted octanol–water partition coefficient (Wildman–Crippen LogP) is 4.35. The number of benzene rings is 1. The van der Waals surface area contributed by atoms with Gasteiger partial charge in [0.05, 0.1) is 5.69 Å². The summed E-state index contributed by atoms with van der Waals surface area (Å²) < 4.78 is 0. The Balaban J connectivity index is 2.16. The summed E-state index contributed by atoms with van der Waals surface area (Å²) in [5, 5.41) is 2.81. The maximum Gasteiger partial charge on any atom is 0.228 e. The number of unbranched alkanes of at least 4 members (excludes halogenated alkanes) is 1. The maximum absolute atomic E-state index is 12.2. The number of nitrogens with zero attached hydrogens (tertiary/aromatic N) is 2. The highest BCUT2D eigenvalue weighted by Gasteiger charge is 2.17. The molecule has 4 heteroatoms. The van der Waals surface area contributed by atoms with E-state index in [0.29, 0.717) is 13.0 Å². The molecule has 0 saturated heterocycles. The van der Waals surface area contributed by atoms with Gasteiger partial charge < -0.3 is 0 Å². The van der Waals surface area contributed by atoms with Crippen LogP contribution in [0.5, 0.6) is 0 Å². The Labute approximate surface area is 124 Å². The molecule has 0 fully saturated rings. The van der Waals surface area contributed by atoms with E-state index < -0.39 is 0 Å². The summed E-state index contributed by atoms with van der Waals surface area (Å²) in [7, 11) is 0. The van der Waals surface area contributed by atoms with E-state index in [2.05, 4.69) is 11.9 Å². The fourth-order valence-electron chi connectivity index (χ4n) is 2.01. The Hall–Kier alpha value is -1.68. The van der Waals surface area contributed by atoms with Crippen molar-refractivity contribution >= 4 is 22.4 Å². The molecule has 1 amide bonds. The van der Waals surface area contributed by atoms with Crippen molar-refractivity contribution in [1.82, 2.24) is 4.98 Å². The summed E-state index contributed by atoms with van der Waals surface area (Å²) in [6.45, 7) is 4.76. The molecular formula is C16H20N2OS. The smallest absolute Gasteiger partial charge is 0.228 e. The van der Waals surface area contributed by atoms with E-state index in [1.165, 1.54) is 11.3 Å². The molecule has 2 aromatic rings. The quantitative estimate of drug-likeness (QED) is 0.791. The average Bonchev–Trinajstić information content (AvgIpc) is 2.96. The highest BCUT2D eigenvalue weighted by Crippen LogP contribution is 2.27. The number of amides is 1. The van der Waals surface area contributed by atoms with Crippen molar-refractivity contribution in [2.45, 2.75) is 33.1 Å². The molecular weight excluding hydrogens is 268 g/mol. The molecule has 0 bridgehead atoms. The fourth-order valence-corrected chi connectivity index (χ4v) is 2.93. The van der Waals surface area contributed by atoms with Crippen LogP contribution >= 0.6 is 11.3 Å². The van der Waals surface area contributed by atoms with Gasteiger partial charge in [-0.3, -0.25) is 9.69 Å². The lowest BCUT2D eigenvalue weighted by Gasteiger charge is -2.17. The molecule has 106 valence electrons. The van der Waals surface area contributed by atoms with Gasteiger partial charge in [0.2, 0.25) is 5.91 Å². The average molecular weight is 288 g/mol. The van der Waals surface area contributed by atoms with E-state index in [1.54, 1.807) is 4.90 Å². The molecule has 3 nitrogen and oxygen atoms in total. The fraction of sp³-hybridized carbons (Fsp3) is 0.375. The second-order valence-corrected chi connectivity index (χ2v) is 5.46. The Morgan fingerprint density at radius 1 is 1.25 bits per heavy atom. The van der Waals surface area contributed by atoms with Gasteiger partial charge in [0.25, 0.3) is 0 Å². The van der Waals surface area contributed by atoms with Crippen molar-refractivity contribution in [2.75, 3.05) is 11.4 Å². The number of carbonyl (C=O) groups excluding carboxylic acids is 1. The van der Waals surface area contributed by atoms with Crippen LogP contribution in [0.3, 0.4) is 0 Å². The SMILES string of the molecule is CCCCC(=O)N(CC)c1nc(-c2ccccc2)cs1. The maximum atomic E-state index is 12.2. The number of rotatable bonds is 6. The van der Waals surface area contributed by atoms with Gasteiger partial charge in [-0.2, -0.15) is 0 Å². The van der Waals surface area contributed by atoms with Crippen LogP contribution in [-0.2, 0) is 4.79 Å². The molecule has 0 aliphatic heterocycles. The van der Waals surface area contributed by atoms with Gasteiger partial charge in [-0.25, -0.2) is 4.98 Å². The summed E-state index contributed by atoms with van der Waals surface area (Å²) in [5.41, 5.74) is 2.03. The van der Waals surface area contributed by atoms with Crippen molar-refractivity contribution in [1.29, 1.82) is 0 Å². The summed E-state index contributed by atoms with van der Waals surface area (Å²) >= 11 is 1.53. The molecule has 0 N–H and O–H groups in total. The first-order chi connectivity index (χ1) is 9.76. The molecule has 1 aromatic carbocycles. The summed E-state index contributed by atoms with van der Waals surface area (Å²) in [5.74, 6) is 0.170. The van der Waals surface area contributed by atoms with Gasteiger partial charge in [0.15, 0.2) is 5.13 Å². The standard InChI is InChI=1S/C16H20N2OS/c1-3-5-11-15(19)18(4-2)16-17-14(12-20-16)13-9-7-6-8-10-13/h6-10,12H,3-5,11H2,1-2H3.